The normalized spacial score (nSPS) is 9.94. The Hall–Kier alpha value is -2.20. The number of aromatic nitrogens is 3. The Balaban J connectivity index is 1.75. The summed E-state index contributed by atoms with van der Waals surface area (Å²) in [5.74, 6) is 7.02. The Labute approximate surface area is 108 Å². The maximum atomic E-state index is 8.65. The van der Waals surface area contributed by atoms with Gasteiger partial charge in [0, 0.05) is 5.75 Å². The van der Waals surface area contributed by atoms with E-state index >= 15 is 0 Å². The van der Waals surface area contributed by atoms with Crippen molar-refractivity contribution in [3.8, 4) is 11.8 Å². The van der Waals surface area contributed by atoms with Crippen LogP contribution >= 0.6 is 11.8 Å². The van der Waals surface area contributed by atoms with E-state index in [2.05, 4.69) is 16.3 Å². The molecule has 92 valence electrons. The number of hydrogen-bond donors (Lipinski definition) is 1. The van der Waals surface area contributed by atoms with Crippen molar-refractivity contribution in [2.75, 3.05) is 18.2 Å². The highest BCUT2D eigenvalue weighted by atomic mass is 32.2. The number of thioether (sulfide) groups is 1. The van der Waals surface area contributed by atoms with Crippen molar-refractivity contribution < 1.29 is 4.74 Å². The van der Waals surface area contributed by atoms with E-state index in [1.54, 1.807) is 24.3 Å². The van der Waals surface area contributed by atoms with Gasteiger partial charge in [0.1, 0.15) is 12.1 Å². The van der Waals surface area contributed by atoms with Gasteiger partial charge in [-0.05, 0) is 24.3 Å². The Bertz CT molecular complexity index is 545. The van der Waals surface area contributed by atoms with Crippen LogP contribution in [0.3, 0.4) is 0 Å². The molecule has 7 heteroatoms. The smallest absolute Gasteiger partial charge is 0.209 e. The van der Waals surface area contributed by atoms with E-state index in [1.807, 2.05) is 0 Å². The summed E-state index contributed by atoms with van der Waals surface area (Å²) in [4.78, 5) is 0. The van der Waals surface area contributed by atoms with Gasteiger partial charge in [-0.1, -0.05) is 11.8 Å². The lowest BCUT2D eigenvalue weighted by molar-refractivity contribution is 0.344. The van der Waals surface area contributed by atoms with Crippen molar-refractivity contribution in [3.63, 3.8) is 0 Å². The Kier molecular flexibility index (Phi) is 4.04. The number of benzene rings is 1. The minimum Gasteiger partial charge on any atom is -0.493 e. The summed E-state index contributed by atoms with van der Waals surface area (Å²) in [6.45, 7) is 0.531. The molecule has 0 aliphatic rings. The fourth-order valence-corrected chi connectivity index (χ4v) is 1.90. The molecule has 0 bridgehead atoms. The van der Waals surface area contributed by atoms with E-state index in [-0.39, 0.29) is 0 Å². The zero-order valence-electron chi connectivity index (χ0n) is 9.48. The first-order valence-corrected chi connectivity index (χ1v) is 6.19. The van der Waals surface area contributed by atoms with Gasteiger partial charge in [-0.3, -0.25) is 0 Å². The zero-order chi connectivity index (χ0) is 12.8. The molecule has 0 unspecified atom stereocenters. The van der Waals surface area contributed by atoms with Gasteiger partial charge in [0.2, 0.25) is 5.16 Å². The van der Waals surface area contributed by atoms with E-state index in [0.717, 1.165) is 11.5 Å². The number of nitrogens with two attached hydrogens (primary N) is 1. The first-order chi connectivity index (χ1) is 8.79. The van der Waals surface area contributed by atoms with Crippen LogP contribution < -0.4 is 10.6 Å². The SMILES string of the molecule is N#Cc1ccc(OCCSc2nncn2N)cc1. The quantitative estimate of drug-likeness (QED) is 0.491. The average molecular weight is 261 g/mol. The number of nitrogens with zero attached hydrogens (tertiary/aromatic N) is 4. The highest BCUT2D eigenvalue weighted by molar-refractivity contribution is 7.99. The Morgan fingerprint density at radius 1 is 1.39 bits per heavy atom. The maximum Gasteiger partial charge on any atom is 0.209 e. The third-order valence-electron chi connectivity index (χ3n) is 2.11. The number of nitriles is 1. The molecular formula is C11H11N5OS. The molecule has 1 aromatic carbocycles. The maximum absolute atomic E-state index is 8.65. The number of hydrogen-bond acceptors (Lipinski definition) is 6. The second kappa shape index (κ2) is 5.93. The van der Waals surface area contributed by atoms with Gasteiger partial charge in [-0.25, -0.2) is 4.68 Å². The minimum atomic E-state index is 0.531. The molecule has 0 aliphatic heterocycles. The summed E-state index contributed by atoms with van der Waals surface area (Å²) in [5.41, 5.74) is 0.618. The molecule has 2 aromatic rings. The van der Waals surface area contributed by atoms with Gasteiger partial charge in [-0.2, -0.15) is 5.26 Å². The summed E-state index contributed by atoms with van der Waals surface area (Å²) in [6, 6.07) is 9.04. The van der Waals surface area contributed by atoms with Crippen LogP contribution in [0.25, 0.3) is 0 Å². The molecule has 0 saturated heterocycles. The van der Waals surface area contributed by atoms with E-state index in [9.17, 15) is 0 Å². The molecule has 6 nitrogen and oxygen atoms in total. The first kappa shape index (κ1) is 12.3. The van der Waals surface area contributed by atoms with Gasteiger partial charge < -0.3 is 10.6 Å². The lowest BCUT2D eigenvalue weighted by atomic mass is 10.2. The summed E-state index contributed by atoms with van der Waals surface area (Å²) in [6.07, 6.45) is 1.45. The number of rotatable bonds is 5. The molecule has 0 fully saturated rings. The van der Waals surface area contributed by atoms with Crippen molar-refractivity contribution in [1.29, 1.82) is 5.26 Å². The summed E-state index contributed by atoms with van der Waals surface area (Å²) in [7, 11) is 0. The van der Waals surface area contributed by atoms with Gasteiger partial charge >= 0.3 is 0 Å². The fourth-order valence-electron chi connectivity index (χ4n) is 1.25. The topological polar surface area (TPSA) is 89.8 Å². The predicted octanol–water partition coefficient (Wildman–Crippen LogP) is 1.03. The molecule has 0 aliphatic carbocycles. The van der Waals surface area contributed by atoms with Gasteiger partial charge in [-0.15, -0.1) is 10.2 Å². The molecule has 0 saturated carbocycles. The molecule has 0 atom stereocenters. The van der Waals surface area contributed by atoms with Crippen molar-refractivity contribution in [2.24, 2.45) is 0 Å². The monoisotopic (exact) mass is 261 g/mol. The third kappa shape index (κ3) is 3.15. The Morgan fingerprint density at radius 2 is 2.17 bits per heavy atom. The van der Waals surface area contributed by atoms with E-state index in [1.165, 1.54) is 22.8 Å². The van der Waals surface area contributed by atoms with Crippen LogP contribution in [0.4, 0.5) is 0 Å². The van der Waals surface area contributed by atoms with Gasteiger partial charge in [0.05, 0.1) is 18.2 Å². The van der Waals surface area contributed by atoms with Crippen LogP contribution in [-0.4, -0.2) is 27.2 Å². The lowest BCUT2D eigenvalue weighted by Crippen LogP contribution is -2.09. The largest absolute Gasteiger partial charge is 0.493 e. The molecule has 1 heterocycles. The molecule has 1 aromatic heterocycles. The Morgan fingerprint density at radius 3 is 2.78 bits per heavy atom. The highest BCUT2D eigenvalue weighted by Gasteiger charge is 2.01. The highest BCUT2D eigenvalue weighted by Crippen LogP contribution is 2.14. The van der Waals surface area contributed by atoms with Crippen LogP contribution in [0.1, 0.15) is 5.56 Å². The minimum absolute atomic E-state index is 0.531. The molecule has 2 rings (SSSR count). The van der Waals surface area contributed by atoms with Crippen LogP contribution in [0, 0.1) is 11.3 Å². The van der Waals surface area contributed by atoms with E-state index < -0.39 is 0 Å². The number of nitrogen functional groups attached to an aromatic ring is 1. The van der Waals surface area contributed by atoms with Crippen molar-refractivity contribution in [3.05, 3.63) is 36.2 Å². The van der Waals surface area contributed by atoms with Crippen molar-refractivity contribution in [2.45, 2.75) is 5.16 Å². The third-order valence-corrected chi connectivity index (χ3v) is 3.03. The molecule has 0 radical (unpaired) electrons. The van der Waals surface area contributed by atoms with Crippen LogP contribution in [-0.2, 0) is 0 Å². The zero-order valence-corrected chi connectivity index (χ0v) is 10.3. The predicted molar refractivity (Wildman–Crippen MR) is 67.5 cm³/mol. The molecule has 0 spiro atoms. The van der Waals surface area contributed by atoms with Crippen LogP contribution in [0.2, 0.25) is 0 Å². The van der Waals surface area contributed by atoms with Crippen LogP contribution in [0.5, 0.6) is 5.75 Å². The summed E-state index contributed by atoms with van der Waals surface area (Å²) >= 11 is 1.47. The molecule has 2 N–H and O–H groups in total. The molecule has 18 heavy (non-hydrogen) atoms. The second-order valence-electron chi connectivity index (χ2n) is 3.35. The molecular weight excluding hydrogens is 250 g/mol. The lowest BCUT2D eigenvalue weighted by Gasteiger charge is -2.05. The second-order valence-corrected chi connectivity index (χ2v) is 4.42. The summed E-state index contributed by atoms with van der Waals surface area (Å²) in [5, 5.41) is 16.8. The first-order valence-electron chi connectivity index (χ1n) is 5.20. The van der Waals surface area contributed by atoms with Crippen molar-refractivity contribution >= 4 is 11.8 Å². The van der Waals surface area contributed by atoms with Crippen LogP contribution in [0.15, 0.2) is 35.7 Å². The number of ether oxygens (including phenoxy) is 1. The van der Waals surface area contributed by atoms with Gasteiger partial charge in [0.15, 0.2) is 0 Å². The standard InChI is InChI=1S/C11H11N5OS/c12-7-9-1-3-10(4-2-9)17-5-6-18-11-15-14-8-16(11)13/h1-4,8H,5-6,13H2. The average Bonchev–Trinajstić information content (AvgIpc) is 2.81. The molecule has 0 amide bonds. The van der Waals surface area contributed by atoms with Crippen molar-refractivity contribution in [1.82, 2.24) is 14.9 Å². The van der Waals surface area contributed by atoms with E-state index in [0.29, 0.717) is 17.3 Å². The van der Waals surface area contributed by atoms with Gasteiger partial charge in [0.25, 0.3) is 0 Å². The van der Waals surface area contributed by atoms with E-state index in [4.69, 9.17) is 15.8 Å². The summed E-state index contributed by atoms with van der Waals surface area (Å²) < 4.78 is 6.88. The fraction of sp³-hybridized carbons (Fsp3) is 0.182.